The summed E-state index contributed by atoms with van der Waals surface area (Å²) < 4.78 is 0. The molecule has 0 radical (unpaired) electrons. The molecule has 2 aromatic carbocycles. The van der Waals surface area contributed by atoms with Crippen molar-refractivity contribution >= 4 is 17.6 Å². The van der Waals surface area contributed by atoms with E-state index in [4.69, 9.17) is 0 Å². The third-order valence-electron chi connectivity index (χ3n) is 4.10. The lowest BCUT2D eigenvalue weighted by atomic mass is 9.82. The number of carbonyl (C=O) groups excluding carboxylic acids is 2. The van der Waals surface area contributed by atoms with Crippen molar-refractivity contribution in [1.82, 2.24) is 10.6 Å². The summed E-state index contributed by atoms with van der Waals surface area (Å²) in [6.07, 6.45) is 0. The molecule has 5 heteroatoms. The van der Waals surface area contributed by atoms with Crippen molar-refractivity contribution in [3.63, 3.8) is 0 Å². The number of carbonyl (C=O) groups is 2. The van der Waals surface area contributed by atoms with E-state index < -0.39 is 0 Å². The molecule has 2 rings (SSSR count). The van der Waals surface area contributed by atoms with Crippen molar-refractivity contribution < 1.29 is 9.59 Å². The van der Waals surface area contributed by atoms with Crippen LogP contribution in [0.2, 0.25) is 0 Å². The lowest BCUT2D eigenvalue weighted by Gasteiger charge is -2.32. The molecule has 2 aromatic rings. The van der Waals surface area contributed by atoms with Gasteiger partial charge < -0.3 is 16.0 Å². The highest BCUT2D eigenvalue weighted by molar-refractivity contribution is 5.95. The molecule has 0 bridgehead atoms. The van der Waals surface area contributed by atoms with Crippen molar-refractivity contribution in [2.45, 2.75) is 46.7 Å². The Bertz CT molecular complexity index is 762. The zero-order chi connectivity index (χ0) is 20.0. The predicted molar refractivity (Wildman–Crippen MR) is 110 cm³/mol. The minimum Gasteiger partial charge on any atom is -0.345 e. The van der Waals surface area contributed by atoms with Crippen LogP contribution in [-0.4, -0.2) is 18.0 Å². The van der Waals surface area contributed by atoms with Crippen LogP contribution in [0.15, 0.2) is 54.6 Å². The van der Waals surface area contributed by atoms with E-state index in [1.54, 1.807) is 24.3 Å². The number of urea groups is 1. The molecule has 0 aliphatic carbocycles. The third-order valence-corrected chi connectivity index (χ3v) is 4.10. The molecule has 3 amide bonds. The molecular formula is C22H29N3O2. The van der Waals surface area contributed by atoms with E-state index in [9.17, 15) is 9.59 Å². The van der Waals surface area contributed by atoms with Gasteiger partial charge in [-0.1, -0.05) is 51.1 Å². The fourth-order valence-electron chi connectivity index (χ4n) is 2.79. The van der Waals surface area contributed by atoms with Gasteiger partial charge in [0.15, 0.2) is 0 Å². The van der Waals surface area contributed by atoms with E-state index >= 15 is 0 Å². The molecule has 0 aliphatic rings. The maximum Gasteiger partial charge on any atom is 0.319 e. The van der Waals surface area contributed by atoms with E-state index in [1.807, 2.05) is 44.2 Å². The van der Waals surface area contributed by atoms with Crippen LogP contribution in [0.5, 0.6) is 0 Å². The number of amides is 3. The number of hydrogen-bond acceptors (Lipinski definition) is 2. The normalized spacial score (nSPS) is 12.4. The minimum atomic E-state index is -0.265. The van der Waals surface area contributed by atoms with E-state index in [0.29, 0.717) is 11.3 Å². The van der Waals surface area contributed by atoms with Gasteiger partial charge in [0.25, 0.3) is 5.91 Å². The SMILES string of the molecule is CC(C)NC(=O)Nc1ccc(C(=O)NC(c2ccccc2)C(C)(C)C)cc1. The van der Waals surface area contributed by atoms with E-state index in [0.717, 1.165) is 5.56 Å². The van der Waals surface area contributed by atoms with Crippen LogP contribution < -0.4 is 16.0 Å². The molecule has 3 N–H and O–H groups in total. The molecule has 1 atom stereocenters. The molecule has 0 aliphatic heterocycles. The summed E-state index contributed by atoms with van der Waals surface area (Å²) in [6.45, 7) is 10.1. The second-order valence-electron chi connectivity index (χ2n) is 8.01. The first kappa shape index (κ1) is 20.5. The second-order valence-corrected chi connectivity index (χ2v) is 8.01. The number of hydrogen-bond donors (Lipinski definition) is 3. The van der Waals surface area contributed by atoms with Crippen molar-refractivity contribution in [3.8, 4) is 0 Å². The summed E-state index contributed by atoms with van der Waals surface area (Å²) >= 11 is 0. The third kappa shape index (κ3) is 6.13. The van der Waals surface area contributed by atoms with Crippen molar-refractivity contribution in [3.05, 3.63) is 65.7 Å². The summed E-state index contributed by atoms with van der Waals surface area (Å²) in [5.74, 6) is -0.142. The highest BCUT2D eigenvalue weighted by atomic mass is 16.2. The molecule has 27 heavy (non-hydrogen) atoms. The molecular weight excluding hydrogens is 338 g/mol. The monoisotopic (exact) mass is 367 g/mol. The summed E-state index contributed by atoms with van der Waals surface area (Å²) in [5.41, 5.74) is 2.13. The van der Waals surface area contributed by atoms with Crippen LogP contribution in [0, 0.1) is 5.41 Å². The Hall–Kier alpha value is -2.82. The highest BCUT2D eigenvalue weighted by Gasteiger charge is 2.28. The molecule has 0 heterocycles. The van der Waals surface area contributed by atoms with Crippen LogP contribution >= 0.6 is 0 Å². The van der Waals surface area contributed by atoms with Crippen LogP contribution in [-0.2, 0) is 0 Å². The van der Waals surface area contributed by atoms with Gasteiger partial charge in [-0.3, -0.25) is 4.79 Å². The van der Waals surface area contributed by atoms with Gasteiger partial charge in [0.05, 0.1) is 6.04 Å². The Balaban J connectivity index is 2.09. The predicted octanol–water partition coefficient (Wildman–Crippen LogP) is 4.73. The fourth-order valence-corrected chi connectivity index (χ4v) is 2.79. The molecule has 1 unspecified atom stereocenters. The number of rotatable bonds is 5. The quantitative estimate of drug-likeness (QED) is 0.715. The maximum atomic E-state index is 12.7. The largest absolute Gasteiger partial charge is 0.345 e. The van der Waals surface area contributed by atoms with Gasteiger partial charge in [-0.25, -0.2) is 4.79 Å². The lowest BCUT2D eigenvalue weighted by molar-refractivity contribution is 0.0901. The molecule has 0 saturated heterocycles. The first-order valence-corrected chi connectivity index (χ1v) is 9.20. The van der Waals surface area contributed by atoms with E-state index in [1.165, 1.54) is 0 Å². The molecule has 0 saturated carbocycles. The van der Waals surface area contributed by atoms with Gasteiger partial charge in [0.2, 0.25) is 0 Å². The van der Waals surface area contributed by atoms with Crippen LogP contribution in [0.25, 0.3) is 0 Å². The molecule has 0 spiro atoms. The number of benzene rings is 2. The molecule has 5 nitrogen and oxygen atoms in total. The molecule has 0 fully saturated rings. The number of nitrogens with one attached hydrogen (secondary N) is 3. The second kappa shape index (κ2) is 8.71. The average Bonchev–Trinajstić information content (AvgIpc) is 2.59. The Labute approximate surface area is 161 Å². The Morgan fingerprint density at radius 2 is 1.44 bits per heavy atom. The minimum absolute atomic E-state index is 0.0577. The van der Waals surface area contributed by atoms with Gasteiger partial charge in [-0.05, 0) is 49.1 Å². The van der Waals surface area contributed by atoms with Gasteiger partial charge in [-0.15, -0.1) is 0 Å². The van der Waals surface area contributed by atoms with Gasteiger partial charge in [0.1, 0.15) is 0 Å². The molecule has 0 aromatic heterocycles. The summed E-state index contributed by atoms with van der Waals surface area (Å²) in [7, 11) is 0. The van der Waals surface area contributed by atoms with Crippen molar-refractivity contribution in [1.29, 1.82) is 0 Å². The van der Waals surface area contributed by atoms with E-state index in [2.05, 4.69) is 36.7 Å². The first-order valence-electron chi connectivity index (χ1n) is 9.20. The van der Waals surface area contributed by atoms with Gasteiger partial charge in [0, 0.05) is 17.3 Å². The smallest absolute Gasteiger partial charge is 0.319 e. The first-order chi connectivity index (χ1) is 12.7. The zero-order valence-electron chi connectivity index (χ0n) is 16.7. The van der Waals surface area contributed by atoms with Gasteiger partial charge >= 0.3 is 6.03 Å². The summed E-state index contributed by atoms with van der Waals surface area (Å²) in [6, 6.07) is 16.5. The summed E-state index contributed by atoms with van der Waals surface area (Å²) in [5, 5.41) is 8.65. The Morgan fingerprint density at radius 3 is 1.96 bits per heavy atom. The van der Waals surface area contributed by atoms with E-state index in [-0.39, 0.29) is 29.4 Å². The Kier molecular flexibility index (Phi) is 6.61. The van der Waals surface area contributed by atoms with Crippen LogP contribution in [0.1, 0.15) is 56.6 Å². The van der Waals surface area contributed by atoms with Crippen LogP contribution in [0.4, 0.5) is 10.5 Å². The topological polar surface area (TPSA) is 70.2 Å². The van der Waals surface area contributed by atoms with Crippen molar-refractivity contribution in [2.75, 3.05) is 5.32 Å². The number of anilines is 1. The molecule has 144 valence electrons. The lowest BCUT2D eigenvalue weighted by Crippen LogP contribution is -2.36. The fraction of sp³-hybridized carbons (Fsp3) is 0.364. The average molecular weight is 367 g/mol. The van der Waals surface area contributed by atoms with Crippen LogP contribution in [0.3, 0.4) is 0 Å². The standard InChI is InChI=1S/C22H29N3O2/c1-15(2)23-21(27)24-18-13-11-17(12-14-18)20(26)25-19(22(3,4)5)16-9-7-6-8-10-16/h6-15,19H,1-5H3,(H,25,26)(H2,23,24,27). The Morgan fingerprint density at radius 1 is 0.852 bits per heavy atom. The maximum absolute atomic E-state index is 12.7. The summed E-state index contributed by atoms with van der Waals surface area (Å²) in [4.78, 5) is 24.5. The van der Waals surface area contributed by atoms with Gasteiger partial charge in [-0.2, -0.15) is 0 Å². The van der Waals surface area contributed by atoms with Crippen molar-refractivity contribution in [2.24, 2.45) is 5.41 Å². The highest BCUT2D eigenvalue weighted by Crippen LogP contribution is 2.32. The zero-order valence-corrected chi connectivity index (χ0v) is 16.7.